The third-order valence-corrected chi connectivity index (χ3v) is 4.00. The first-order chi connectivity index (χ1) is 11.7. The van der Waals surface area contributed by atoms with Gasteiger partial charge in [0, 0.05) is 23.4 Å². The zero-order chi connectivity index (χ0) is 16.9. The number of benzene rings is 2. The van der Waals surface area contributed by atoms with Crippen LogP contribution in [0.3, 0.4) is 0 Å². The molecule has 0 radical (unpaired) electrons. The van der Waals surface area contributed by atoms with Crippen LogP contribution in [0.5, 0.6) is 0 Å². The van der Waals surface area contributed by atoms with Crippen LogP contribution in [-0.4, -0.2) is 15.1 Å². The number of rotatable bonds is 5. The standard InChI is InChI=1S/C16H10N4O3S/c17-9-11-6-12(8-14(7-11)20(21)22)10-24-16-19-18-15(23-16)13-4-2-1-3-5-13/h1-8H,10H2. The van der Waals surface area contributed by atoms with Crippen LogP contribution in [0.1, 0.15) is 11.1 Å². The van der Waals surface area contributed by atoms with Crippen molar-refractivity contribution in [1.82, 2.24) is 10.2 Å². The highest BCUT2D eigenvalue weighted by Crippen LogP contribution is 2.27. The van der Waals surface area contributed by atoms with Gasteiger partial charge in [-0.1, -0.05) is 30.0 Å². The average molecular weight is 338 g/mol. The lowest BCUT2D eigenvalue weighted by molar-refractivity contribution is -0.384. The predicted octanol–water partition coefficient (Wildman–Crippen LogP) is 3.81. The van der Waals surface area contributed by atoms with Gasteiger partial charge in [-0.2, -0.15) is 5.26 Å². The molecule has 7 nitrogen and oxygen atoms in total. The van der Waals surface area contributed by atoms with E-state index < -0.39 is 4.92 Å². The van der Waals surface area contributed by atoms with Gasteiger partial charge in [0.2, 0.25) is 5.89 Å². The molecule has 24 heavy (non-hydrogen) atoms. The van der Waals surface area contributed by atoms with Crippen molar-refractivity contribution in [2.45, 2.75) is 11.0 Å². The molecule has 0 unspecified atom stereocenters. The normalized spacial score (nSPS) is 10.3. The Hall–Kier alpha value is -3.18. The fourth-order valence-corrected chi connectivity index (χ4v) is 2.73. The molecule has 0 aliphatic rings. The Morgan fingerprint density at radius 3 is 2.71 bits per heavy atom. The number of hydrogen-bond acceptors (Lipinski definition) is 7. The van der Waals surface area contributed by atoms with Crippen molar-refractivity contribution in [3.63, 3.8) is 0 Å². The lowest BCUT2D eigenvalue weighted by atomic mass is 10.1. The van der Waals surface area contributed by atoms with Crippen LogP contribution in [0.4, 0.5) is 5.69 Å². The quantitative estimate of drug-likeness (QED) is 0.395. The van der Waals surface area contributed by atoms with E-state index in [0.29, 0.717) is 22.4 Å². The van der Waals surface area contributed by atoms with Crippen molar-refractivity contribution in [2.24, 2.45) is 0 Å². The van der Waals surface area contributed by atoms with Crippen LogP contribution in [0, 0.1) is 21.4 Å². The molecule has 3 aromatic rings. The zero-order valence-electron chi connectivity index (χ0n) is 12.2. The van der Waals surface area contributed by atoms with Crippen LogP contribution in [0.15, 0.2) is 58.2 Å². The molecule has 1 heterocycles. The summed E-state index contributed by atoms with van der Waals surface area (Å²) in [6.07, 6.45) is 0. The van der Waals surface area contributed by atoms with Crippen LogP contribution in [0.2, 0.25) is 0 Å². The van der Waals surface area contributed by atoms with Gasteiger partial charge in [-0.05, 0) is 23.8 Å². The average Bonchev–Trinajstić information content (AvgIpc) is 3.09. The summed E-state index contributed by atoms with van der Waals surface area (Å²) in [6.45, 7) is 0. The highest BCUT2D eigenvalue weighted by Gasteiger charge is 2.12. The third-order valence-electron chi connectivity index (χ3n) is 3.11. The van der Waals surface area contributed by atoms with Crippen molar-refractivity contribution in [3.8, 4) is 17.5 Å². The molecule has 0 saturated carbocycles. The van der Waals surface area contributed by atoms with Crippen molar-refractivity contribution in [3.05, 3.63) is 69.8 Å². The Morgan fingerprint density at radius 1 is 1.21 bits per heavy atom. The Morgan fingerprint density at radius 2 is 2.00 bits per heavy atom. The molecule has 0 amide bonds. The first-order valence-corrected chi connectivity index (χ1v) is 7.84. The summed E-state index contributed by atoms with van der Waals surface area (Å²) >= 11 is 1.26. The molecule has 0 atom stereocenters. The van der Waals surface area contributed by atoms with Crippen molar-refractivity contribution < 1.29 is 9.34 Å². The molecule has 0 N–H and O–H groups in total. The second-order valence-corrected chi connectivity index (χ2v) is 5.71. The first-order valence-electron chi connectivity index (χ1n) is 6.86. The Labute approximate surface area is 141 Å². The second kappa shape index (κ2) is 6.93. The van der Waals surface area contributed by atoms with E-state index in [1.54, 1.807) is 6.07 Å². The minimum atomic E-state index is -0.519. The van der Waals surface area contributed by atoms with Gasteiger partial charge < -0.3 is 4.42 Å². The lowest BCUT2D eigenvalue weighted by Crippen LogP contribution is -1.92. The van der Waals surface area contributed by atoms with Gasteiger partial charge in [-0.3, -0.25) is 10.1 Å². The number of nitro benzene ring substituents is 1. The van der Waals surface area contributed by atoms with Crippen molar-refractivity contribution in [1.29, 1.82) is 5.26 Å². The van der Waals surface area contributed by atoms with E-state index in [4.69, 9.17) is 9.68 Å². The second-order valence-electron chi connectivity index (χ2n) is 4.78. The van der Waals surface area contributed by atoms with E-state index >= 15 is 0 Å². The smallest absolute Gasteiger partial charge is 0.277 e. The largest absolute Gasteiger partial charge is 0.411 e. The van der Waals surface area contributed by atoms with Crippen LogP contribution < -0.4 is 0 Å². The maximum absolute atomic E-state index is 10.9. The van der Waals surface area contributed by atoms with Gasteiger partial charge in [-0.15, -0.1) is 10.2 Å². The zero-order valence-corrected chi connectivity index (χ0v) is 13.1. The Bertz CT molecular complexity index is 919. The maximum atomic E-state index is 10.9. The van der Waals surface area contributed by atoms with E-state index in [1.807, 2.05) is 36.4 Å². The summed E-state index contributed by atoms with van der Waals surface area (Å²) in [6, 6.07) is 15.6. The van der Waals surface area contributed by atoms with Gasteiger partial charge in [0.1, 0.15) is 0 Å². The summed E-state index contributed by atoms with van der Waals surface area (Å²) in [5, 5.41) is 28.2. The number of aromatic nitrogens is 2. The monoisotopic (exact) mass is 338 g/mol. The number of nitriles is 1. The molecular formula is C16H10N4O3S. The molecule has 2 aromatic carbocycles. The summed E-state index contributed by atoms with van der Waals surface area (Å²) in [7, 11) is 0. The number of hydrogen-bond donors (Lipinski definition) is 0. The van der Waals surface area contributed by atoms with Crippen LogP contribution in [-0.2, 0) is 5.75 Å². The van der Waals surface area contributed by atoms with Gasteiger partial charge in [-0.25, -0.2) is 0 Å². The highest BCUT2D eigenvalue weighted by atomic mass is 32.2. The number of nitrogens with zero attached hydrogens (tertiary/aromatic N) is 4. The SMILES string of the molecule is N#Cc1cc(CSc2nnc(-c3ccccc3)o2)cc([N+](=O)[O-])c1. The first kappa shape index (κ1) is 15.7. The summed E-state index contributed by atoms with van der Waals surface area (Å²) in [5.74, 6) is 0.794. The summed E-state index contributed by atoms with van der Waals surface area (Å²) in [4.78, 5) is 10.4. The highest BCUT2D eigenvalue weighted by molar-refractivity contribution is 7.98. The topological polar surface area (TPSA) is 106 Å². The lowest BCUT2D eigenvalue weighted by Gasteiger charge is -2.00. The maximum Gasteiger partial charge on any atom is 0.277 e. The number of thioether (sulfide) groups is 1. The molecule has 0 aliphatic carbocycles. The molecule has 0 fully saturated rings. The van der Waals surface area contributed by atoms with E-state index in [2.05, 4.69) is 10.2 Å². The molecule has 3 rings (SSSR count). The Kier molecular flexibility index (Phi) is 4.54. The molecule has 0 bridgehead atoms. The molecule has 0 aliphatic heterocycles. The minimum Gasteiger partial charge on any atom is -0.411 e. The number of non-ortho nitro benzene ring substituents is 1. The predicted molar refractivity (Wildman–Crippen MR) is 87.1 cm³/mol. The van der Waals surface area contributed by atoms with Crippen molar-refractivity contribution >= 4 is 17.4 Å². The van der Waals surface area contributed by atoms with Gasteiger partial charge in [0.15, 0.2) is 0 Å². The molecule has 1 aromatic heterocycles. The fourth-order valence-electron chi connectivity index (χ4n) is 2.04. The van der Waals surface area contributed by atoms with Gasteiger partial charge in [0.25, 0.3) is 10.9 Å². The summed E-state index contributed by atoms with van der Waals surface area (Å²) < 4.78 is 5.57. The molecule has 0 saturated heterocycles. The van der Waals surface area contributed by atoms with Crippen LogP contribution in [0.25, 0.3) is 11.5 Å². The van der Waals surface area contributed by atoms with Gasteiger partial charge >= 0.3 is 0 Å². The van der Waals surface area contributed by atoms with Gasteiger partial charge in [0.05, 0.1) is 16.6 Å². The molecule has 0 spiro atoms. The fraction of sp³-hybridized carbons (Fsp3) is 0.0625. The molecule has 8 heteroatoms. The van der Waals surface area contributed by atoms with E-state index in [1.165, 1.54) is 23.9 Å². The Balaban J connectivity index is 1.75. The van der Waals surface area contributed by atoms with E-state index in [9.17, 15) is 10.1 Å². The number of nitro groups is 1. The van der Waals surface area contributed by atoms with Crippen LogP contribution >= 0.6 is 11.8 Å². The molecule has 118 valence electrons. The minimum absolute atomic E-state index is 0.111. The summed E-state index contributed by atoms with van der Waals surface area (Å²) in [5.41, 5.74) is 1.60. The van der Waals surface area contributed by atoms with Crippen molar-refractivity contribution in [2.75, 3.05) is 0 Å². The molecular weight excluding hydrogens is 328 g/mol. The van der Waals surface area contributed by atoms with E-state index in [0.717, 1.165) is 5.56 Å². The van der Waals surface area contributed by atoms with E-state index in [-0.39, 0.29) is 11.3 Å². The third kappa shape index (κ3) is 3.59.